The molecular formula is C20H24N4O4S. The zero-order valence-corrected chi connectivity index (χ0v) is 17.2. The summed E-state index contributed by atoms with van der Waals surface area (Å²) >= 11 is 5.24. The molecule has 2 aromatic carbocycles. The molecule has 9 heteroatoms. The van der Waals surface area contributed by atoms with Crippen LogP contribution >= 0.6 is 12.2 Å². The molecule has 8 nitrogen and oxygen atoms in total. The van der Waals surface area contributed by atoms with E-state index in [0.717, 1.165) is 13.1 Å². The summed E-state index contributed by atoms with van der Waals surface area (Å²) in [7, 11) is 0. The van der Waals surface area contributed by atoms with E-state index in [1.54, 1.807) is 36.4 Å². The molecule has 29 heavy (non-hydrogen) atoms. The monoisotopic (exact) mass is 416 g/mol. The predicted molar refractivity (Wildman–Crippen MR) is 117 cm³/mol. The van der Waals surface area contributed by atoms with E-state index in [4.69, 9.17) is 17.0 Å². The Labute approximate surface area is 175 Å². The third-order valence-corrected chi connectivity index (χ3v) is 4.45. The molecule has 0 bridgehead atoms. The Kier molecular flexibility index (Phi) is 8.50. The van der Waals surface area contributed by atoms with Crippen LogP contribution in [0.1, 0.15) is 24.2 Å². The van der Waals surface area contributed by atoms with Crippen LogP contribution < -0.4 is 10.6 Å². The van der Waals surface area contributed by atoms with Gasteiger partial charge < -0.3 is 20.3 Å². The molecule has 0 radical (unpaired) electrons. The second-order valence-corrected chi connectivity index (χ2v) is 6.53. The number of carbonyl (C=O) groups is 1. The van der Waals surface area contributed by atoms with E-state index in [0.29, 0.717) is 35.2 Å². The minimum atomic E-state index is -0.462. The number of non-ortho nitro benzene ring substituents is 1. The van der Waals surface area contributed by atoms with Crippen molar-refractivity contribution < 1.29 is 14.5 Å². The number of thiocarbonyl (C=S) groups is 1. The number of nitro groups is 1. The maximum Gasteiger partial charge on any atom is 0.338 e. The summed E-state index contributed by atoms with van der Waals surface area (Å²) in [6.07, 6.45) is 0. The van der Waals surface area contributed by atoms with Gasteiger partial charge in [-0.1, -0.05) is 13.8 Å². The number of hydrogen-bond acceptors (Lipinski definition) is 6. The van der Waals surface area contributed by atoms with Crippen LogP contribution in [0.3, 0.4) is 0 Å². The van der Waals surface area contributed by atoms with Gasteiger partial charge in [0.2, 0.25) is 0 Å². The lowest BCUT2D eigenvalue weighted by molar-refractivity contribution is -0.384. The number of likely N-dealkylation sites (N-methyl/N-ethyl adjacent to an activating group) is 1. The Morgan fingerprint density at radius 1 is 1.03 bits per heavy atom. The van der Waals surface area contributed by atoms with E-state index < -0.39 is 4.92 Å². The van der Waals surface area contributed by atoms with E-state index in [9.17, 15) is 14.9 Å². The maximum absolute atomic E-state index is 12.1. The van der Waals surface area contributed by atoms with Gasteiger partial charge in [-0.3, -0.25) is 10.1 Å². The van der Waals surface area contributed by atoms with Gasteiger partial charge in [0.05, 0.1) is 10.5 Å². The third kappa shape index (κ3) is 7.13. The lowest BCUT2D eigenvalue weighted by Gasteiger charge is -2.17. The van der Waals surface area contributed by atoms with E-state index in [2.05, 4.69) is 29.4 Å². The highest BCUT2D eigenvalue weighted by Gasteiger charge is 2.09. The highest BCUT2D eigenvalue weighted by molar-refractivity contribution is 7.80. The molecule has 0 amide bonds. The largest absolute Gasteiger partial charge is 0.461 e. The van der Waals surface area contributed by atoms with Crippen molar-refractivity contribution in [3.8, 4) is 0 Å². The lowest BCUT2D eigenvalue weighted by atomic mass is 10.2. The molecule has 0 fully saturated rings. The van der Waals surface area contributed by atoms with E-state index in [1.807, 2.05) is 0 Å². The van der Waals surface area contributed by atoms with Gasteiger partial charge in [-0.15, -0.1) is 0 Å². The Morgan fingerprint density at radius 3 is 2.03 bits per heavy atom. The van der Waals surface area contributed by atoms with Crippen LogP contribution in [0.5, 0.6) is 0 Å². The fourth-order valence-corrected chi connectivity index (χ4v) is 2.78. The first-order valence-electron chi connectivity index (χ1n) is 9.25. The van der Waals surface area contributed by atoms with Crippen LogP contribution in [-0.4, -0.2) is 47.1 Å². The Bertz CT molecular complexity index is 837. The average molecular weight is 417 g/mol. The number of esters is 1. The van der Waals surface area contributed by atoms with Gasteiger partial charge >= 0.3 is 5.97 Å². The third-order valence-electron chi connectivity index (χ3n) is 4.25. The molecule has 0 aliphatic heterocycles. The zero-order chi connectivity index (χ0) is 21.2. The highest BCUT2D eigenvalue weighted by atomic mass is 32.1. The van der Waals surface area contributed by atoms with Crippen LogP contribution in [0.4, 0.5) is 17.1 Å². The highest BCUT2D eigenvalue weighted by Crippen LogP contribution is 2.16. The lowest BCUT2D eigenvalue weighted by Crippen LogP contribution is -2.27. The minimum Gasteiger partial charge on any atom is -0.461 e. The predicted octanol–water partition coefficient (Wildman–Crippen LogP) is 3.90. The van der Waals surface area contributed by atoms with Gasteiger partial charge in [0.1, 0.15) is 6.61 Å². The van der Waals surface area contributed by atoms with Crippen LogP contribution in [0.25, 0.3) is 0 Å². The molecule has 0 aromatic heterocycles. The van der Waals surface area contributed by atoms with Crippen LogP contribution in [0, 0.1) is 10.1 Å². The van der Waals surface area contributed by atoms with E-state index in [1.165, 1.54) is 12.1 Å². The minimum absolute atomic E-state index is 0.00833. The molecular weight excluding hydrogens is 392 g/mol. The van der Waals surface area contributed by atoms with Gasteiger partial charge in [0.15, 0.2) is 5.11 Å². The second kappa shape index (κ2) is 11.1. The van der Waals surface area contributed by atoms with Crippen molar-refractivity contribution in [2.75, 3.05) is 36.9 Å². The fraction of sp³-hybridized carbons (Fsp3) is 0.300. The van der Waals surface area contributed by atoms with Gasteiger partial charge in [-0.2, -0.15) is 0 Å². The number of hydrogen-bond donors (Lipinski definition) is 2. The van der Waals surface area contributed by atoms with Crippen molar-refractivity contribution >= 4 is 40.4 Å². The van der Waals surface area contributed by atoms with E-state index >= 15 is 0 Å². The first-order chi connectivity index (χ1) is 13.9. The summed E-state index contributed by atoms with van der Waals surface area (Å²) in [4.78, 5) is 24.5. The SMILES string of the molecule is CCN(CC)CCOC(=O)c1ccc(NC(=S)Nc2ccc([N+](=O)[O-])cc2)cc1. The Morgan fingerprint density at radius 2 is 1.55 bits per heavy atom. The molecule has 0 saturated heterocycles. The summed E-state index contributed by atoms with van der Waals surface area (Å²) in [5.41, 5.74) is 1.80. The van der Waals surface area contributed by atoms with Crippen LogP contribution in [-0.2, 0) is 4.74 Å². The molecule has 0 aliphatic rings. The van der Waals surface area contributed by atoms with Crippen molar-refractivity contribution in [3.63, 3.8) is 0 Å². The summed E-state index contributed by atoms with van der Waals surface area (Å²) < 4.78 is 5.30. The van der Waals surface area contributed by atoms with Crippen molar-refractivity contribution in [2.24, 2.45) is 0 Å². The van der Waals surface area contributed by atoms with Gasteiger partial charge in [-0.25, -0.2) is 4.79 Å². The molecule has 0 unspecified atom stereocenters. The molecule has 0 atom stereocenters. The molecule has 0 heterocycles. The van der Waals surface area contributed by atoms with Crippen molar-refractivity contribution in [1.82, 2.24) is 4.90 Å². The van der Waals surface area contributed by atoms with Gasteiger partial charge in [0, 0.05) is 30.1 Å². The molecule has 2 aromatic rings. The van der Waals surface area contributed by atoms with Crippen molar-refractivity contribution in [3.05, 3.63) is 64.2 Å². The molecule has 0 aliphatic carbocycles. The van der Waals surface area contributed by atoms with Gasteiger partial charge in [-0.05, 0) is 61.7 Å². The molecule has 2 rings (SSSR count). The normalized spacial score (nSPS) is 10.4. The number of nitrogens with zero attached hydrogens (tertiary/aromatic N) is 2. The van der Waals surface area contributed by atoms with Crippen molar-refractivity contribution in [2.45, 2.75) is 13.8 Å². The molecule has 0 saturated carbocycles. The summed E-state index contributed by atoms with van der Waals surface area (Å²) in [5, 5.41) is 16.9. The first kappa shape index (κ1) is 22.3. The zero-order valence-electron chi connectivity index (χ0n) is 16.4. The quantitative estimate of drug-likeness (QED) is 0.275. The first-order valence-corrected chi connectivity index (χ1v) is 9.65. The Balaban J connectivity index is 1.83. The molecule has 2 N–H and O–H groups in total. The van der Waals surface area contributed by atoms with Crippen molar-refractivity contribution in [1.29, 1.82) is 0 Å². The number of benzene rings is 2. The number of ether oxygens (including phenoxy) is 1. The standard InChI is InChI=1S/C20H24N4O4S/c1-3-23(4-2)13-14-28-19(25)15-5-7-16(8-6-15)21-20(29)22-17-9-11-18(12-10-17)24(26)27/h5-12H,3-4,13-14H2,1-2H3,(H2,21,22,29). The summed E-state index contributed by atoms with van der Waals surface area (Å²) in [6.45, 7) is 7.03. The Hall–Kier alpha value is -3.04. The van der Waals surface area contributed by atoms with Crippen LogP contribution in [0.2, 0.25) is 0 Å². The number of anilines is 2. The maximum atomic E-state index is 12.1. The second-order valence-electron chi connectivity index (χ2n) is 6.12. The van der Waals surface area contributed by atoms with E-state index in [-0.39, 0.29) is 11.7 Å². The number of rotatable bonds is 9. The van der Waals surface area contributed by atoms with Gasteiger partial charge in [0.25, 0.3) is 5.69 Å². The van der Waals surface area contributed by atoms with Crippen LogP contribution in [0.15, 0.2) is 48.5 Å². The molecule has 0 spiro atoms. The average Bonchev–Trinajstić information content (AvgIpc) is 2.72. The smallest absolute Gasteiger partial charge is 0.338 e. The molecule has 154 valence electrons. The fourth-order valence-electron chi connectivity index (χ4n) is 2.54. The summed E-state index contributed by atoms with van der Waals surface area (Å²) in [5.74, 6) is -0.365. The summed E-state index contributed by atoms with van der Waals surface area (Å²) in [6, 6.07) is 12.7. The topological polar surface area (TPSA) is 96.7 Å². The number of nitro benzene ring substituents is 1. The number of nitrogens with one attached hydrogen (secondary N) is 2. The number of carbonyl (C=O) groups excluding carboxylic acids is 1.